The molecule has 0 saturated carbocycles. The van der Waals surface area contributed by atoms with Crippen LogP contribution in [0.25, 0.3) is 89.7 Å². The summed E-state index contributed by atoms with van der Waals surface area (Å²) in [5, 5.41) is 20.1. The van der Waals surface area contributed by atoms with Crippen molar-refractivity contribution in [1.82, 2.24) is 39.9 Å². The lowest BCUT2D eigenvalue weighted by Crippen LogP contribution is -1.94. The van der Waals surface area contributed by atoms with Crippen LogP contribution in [0, 0.1) is 0 Å². The number of rotatable bonds is 4. The molecule has 3 aromatic heterocycles. The van der Waals surface area contributed by atoms with E-state index in [9.17, 15) is 29.4 Å². The summed E-state index contributed by atoms with van der Waals surface area (Å²) in [5.41, 5.74) is 3.23. The molecule has 8 bridgehead atoms. The van der Waals surface area contributed by atoms with Crippen LogP contribution >= 0.6 is 23.2 Å². The van der Waals surface area contributed by atoms with E-state index in [-0.39, 0.29) is 68.1 Å². The molecule has 250 valence electrons. The highest BCUT2D eigenvalue weighted by atomic mass is 35.5. The number of aromatic amines is 2. The molecular formula is C36H16Cl2N8O6. The first-order chi connectivity index (χ1) is 25.0. The third-order valence-corrected chi connectivity index (χ3v) is 9.21. The summed E-state index contributed by atoms with van der Waals surface area (Å²) >= 11 is 11.7. The predicted molar refractivity (Wildman–Crippen MR) is 190 cm³/mol. The molecule has 4 aromatic carbocycles. The van der Waals surface area contributed by atoms with Gasteiger partial charge in [0, 0.05) is 54.9 Å². The number of carbonyl (C=O) groups excluding carboxylic acids is 2. The van der Waals surface area contributed by atoms with Crippen LogP contribution in [0.1, 0.15) is 41.4 Å². The van der Waals surface area contributed by atoms with Crippen molar-refractivity contribution in [2.75, 3.05) is 0 Å². The Hall–Kier alpha value is -6.90. The first kappa shape index (κ1) is 31.1. The normalized spacial score (nSPS) is 11.7. The summed E-state index contributed by atoms with van der Waals surface area (Å²) in [7, 11) is 0. The Balaban J connectivity index is 1.48. The summed E-state index contributed by atoms with van der Waals surface area (Å²) in [4.78, 5) is 83.5. The largest absolute Gasteiger partial charge is 0.478 e. The predicted octanol–water partition coefficient (Wildman–Crippen LogP) is 7.02. The lowest BCUT2D eigenvalue weighted by atomic mass is 10.1. The number of aromatic carboxylic acids is 2. The highest BCUT2D eigenvalue weighted by molar-refractivity contribution is 6.68. The van der Waals surface area contributed by atoms with Crippen molar-refractivity contribution in [3.05, 3.63) is 95.1 Å². The second-order valence-corrected chi connectivity index (χ2v) is 12.5. The maximum Gasteiger partial charge on any atom is 0.335 e. The number of H-pyrrole nitrogens is 2. The van der Waals surface area contributed by atoms with Crippen molar-refractivity contribution in [3.8, 4) is 45.6 Å². The van der Waals surface area contributed by atoms with Crippen molar-refractivity contribution >= 4 is 89.8 Å². The minimum atomic E-state index is -1.15. The highest BCUT2D eigenvalue weighted by Gasteiger charge is 2.24. The average Bonchev–Trinajstić information content (AvgIpc) is 3.85. The van der Waals surface area contributed by atoms with E-state index in [1.807, 2.05) is 0 Å². The number of nitrogens with one attached hydrogen (secondary N) is 2. The topological polar surface area (TPSA) is 218 Å². The molecule has 52 heavy (non-hydrogen) atoms. The molecule has 4 N–H and O–H groups in total. The van der Waals surface area contributed by atoms with E-state index in [1.165, 1.54) is 36.4 Å². The molecular weight excluding hydrogens is 711 g/mol. The van der Waals surface area contributed by atoms with Gasteiger partial charge in [-0.1, -0.05) is 0 Å². The van der Waals surface area contributed by atoms with Crippen LogP contribution in [0.3, 0.4) is 0 Å². The Bertz CT molecular complexity index is 2810. The Morgan fingerprint density at radius 1 is 0.423 bits per heavy atom. The second kappa shape index (κ2) is 11.3. The minimum Gasteiger partial charge on any atom is -0.478 e. The van der Waals surface area contributed by atoms with Gasteiger partial charge in [0.2, 0.25) is 0 Å². The van der Waals surface area contributed by atoms with Gasteiger partial charge in [0.05, 0.1) is 11.1 Å². The molecule has 5 heterocycles. The molecule has 0 amide bonds. The van der Waals surface area contributed by atoms with E-state index in [2.05, 4.69) is 9.97 Å². The van der Waals surface area contributed by atoms with Crippen LogP contribution < -0.4 is 0 Å². The molecule has 14 nitrogen and oxygen atoms in total. The standard InChI is InChI=1S/C36H16Cl2N8O6/c37-25(47)13-1-5-17-21(9-13)31-39-27(17)43-33-23-11-15(35(49)50)3-7-19(23)30(45-33)42-32-22-10-14(26(38)48)2-6-18(22)28(40-32)44-34-24-12-16(36(51)52)4-8-20(24)29(41-31)46-34/h1-12H,(H,49,50)(H,51,52)(H2,39,40,41,42,43,44,45,46). The monoisotopic (exact) mass is 726 g/mol. The number of hydrogen-bond donors (Lipinski definition) is 4. The lowest BCUT2D eigenvalue weighted by molar-refractivity contribution is 0.0686. The quantitative estimate of drug-likeness (QED) is 0.134. The number of carbonyl (C=O) groups is 4. The summed E-state index contributed by atoms with van der Waals surface area (Å²) < 4.78 is 0. The number of nitrogens with zero attached hydrogens (tertiary/aromatic N) is 6. The first-order valence-corrected chi connectivity index (χ1v) is 16.0. The maximum atomic E-state index is 12.2. The van der Waals surface area contributed by atoms with Crippen LogP contribution in [0.5, 0.6) is 0 Å². The van der Waals surface area contributed by atoms with Gasteiger partial charge in [0.25, 0.3) is 10.5 Å². The molecule has 0 atom stereocenters. The van der Waals surface area contributed by atoms with Crippen LogP contribution in [0.15, 0.2) is 72.8 Å². The van der Waals surface area contributed by atoms with Crippen LogP contribution in [0.4, 0.5) is 0 Å². The molecule has 0 spiro atoms. The van der Waals surface area contributed by atoms with Gasteiger partial charge in [-0.15, -0.1) is 0 Å². The van der Waals surface area contributed by atoms with Gasteiger partial charge in [0.1, 0.15) is 22.6 Å². The number of carboxylic acid groups (broad SMARTS) is 2. The Labute approximate surface area is 298 Å². The molecule has 0 unspecified atom stereocenters. The number of halogens is 2. The maximum absolute atomic E-state index is 12.2. The van der Waals surface area contributed by atoms with E-state index < -0.39 is 22.4 Å². The van der Waals surface area contributed by atoms with Crippen LogP contribution in [-0.4, -0.2) is 72.5 Å². The van der Waals surface area contributed by atoms with Crippen LogP contribution in [0.2, 0.25) is 0 Å². The van der Waals surface area contributed by atoms with Gasteiger partial charge in [-0.2, -0.15) is 0 Å². The first-order valence-electron chi connectivity index (χ1n) is 15.3. The zero-order valence-electron chi connectivity index (χ0n) is 25.9. The van der Waals surface area contributed by atoms with E-state index in [0.29, 0.717) is 43.8 Å². The third-order valence-electron chi connectivity index (χ3n) is 8.78. The fourth-order valence-corrected chi connectivity index (χ4v) is 6.54. The molecule has 2 aliphatic rings. The summed E-state index contributed by atoms with van der Waals surface area (Å²) in [6.45, 7) is 0. The number of benzene rings is 4. The number of hydrogen-bond acceptors (Lipinski definition) is 10. The second-order valence-electron chi connectivity index (χ2n) is 11.8. The SMILES string of the molecule is O=C(O)c1ccc2c3nc4nc(nc5[nH]c(nc6nc(nc([nH]3)c2c1)-c1ccc(C(=O)Cl)cc1-6)c1ccc(C(=O)O)cc51)-c1ccc(C(=O)Cl)cc1-4. The zero-order valence-corrected chi connectivity index (χ0v) is 27.4. The summed E-state index contributed by atoms with van der Waals surface area (Å²) in [6.07, 6.45) is 0. The molecule has 0 fully saturated rings. The van der Waals surface area contributed by atoms with Gasteiger partial charge < -0.3 is 20.2 Å². The molecule has 9 rings (SSSR count). The molecule has 7 aromatic rings. The van der Waals surface area contributed by atoms with Crippen molar-refractivity contribution < 1.29 is 29.4 Å². The van der Waals surface area contributed by atoms with E-state index >= 15 is 0 Å². The van der Waals surface area contributed by atoms with Gasteiger partial charge in [0.15, 0.2) is 23.3 Å². The number of fused-ring (bicyclic) bond motifs is 20. The minimum absolute atomic E-state index is 0.00477. The van der Waals surface area contributed by atoms with Gasteiger partial charge in [-0.3, -0.25) is 9.59 Å². The Morgan fingerprint density at radius 2 is 0.769 bits per heavy atom. The van der Waals surface area contributed by atoms with E-state index in [0.717, 1.165) is 0 Å². The van der Waals surface area contributed by atoms with Gasteiger partial charge in [-0.05, 0) is 96.0 Å². The Kier molecular flexibility index (Phi) is 6.77. The smallest absolute Gasteiger partial charge is 0.335 e. The highest BCUT2D eigenvalue weighted by Crippen LogP contribution is 2.38. The van der Waals surface area contributed by atoms with E-state index in [1.54, 1.807) is 36.4 Å². The fourth-order valence-electron chi connectivity index (χ4n) is 6.30. The van der Waals surface area contributed by atoms with Gasteiger partial charge >= 0.3 is 11.9 Å². The summed E-state index contributed by atoms with van der Waals surface area (Å²) in [6, 6.07) is 18.4. The lowest BCUT2D eigenvalue weighted by Gasteiger charge is -2.00. The molecule has 2 aliphatic heterocycles. The number of carboxylic acids is 2. The molecule has 16 heteroatoms. The van der Waals surface area contributed by atoms with Crippen molar-refractivity contribution in [2.24, 2.45) is 0 Å². The van der Waals surface area contributed by atoms with Crippen molar-refractivity contribution in [1.29, 1.82) is 0 Å². The molecule has 0 radical (unpaired) electrons. The van der Waals surface area contributed by atoms with Crippen LogP contribution in [-0.2, 0) is 0 Å². The van der Waals surface area contributed by atoms with Gasteiger partial charge in [-0.25, -0.2) is 39.5 Å². The Morgan fingerprint density at radius 3 is 1.13 bits per heavy atom. The van der Waals surface area contributed by atoms with Crippen molar-refractivity contribution in [2.45, 2.75) is 0 Å². The fraction of sp³-hybridized carbons (Fsp3) is 0. The summed E-state index contributed by atoms with van der Waals surface area (Å²) in [5.74, 6) is -1.62. The van der Waals surface area contributed by atoms with Crippen molar-refractivity contribution in [3.63, 3.8) is 0 Å². The molecule has 0 aliphatic carbocycles. The molecule has 0 saturated heterocycles. The third kappa shape index (κ3) is 4.88. The average molecular weight is 727 g/mol. The number of aromatic nitrogens is 8. The van der Waals surface area contributed by atoms with E-state index in [4.69, 9.17) is 53.1 Å². The zero-order chi connectivity index (χ0) is 36.0.